The zero-order valence-corrected chi connectivity index (χ0v) is 36.0. The molecule has 0 aliphatic carbocycles. The number of rotatable bonds is 17. The molecule has 5 heterocycles. The number of aromatic amines is 1. The van der Waals surface area contributed by atoms with Gasteiger partial charge in [0, 0.05) is 43.2 Å². The van der Waals surface area contributed by atoms with Gasteiger partial charge in [0.05, 0.1) is 30.2 Å². The number of phenolic OH excluding ortho intramolecular Hbond substituents is 1. The zero-order valence-electron chi connectivity index (χ0n) is 36.0. The molecule has 4 fully saturated rings. The van der Waals surface area contributed by atoms with Gasteiger partial charge in [-0.25, -0.2) is 4.79 Å². The Morgan fingerprint density at radius 1 is 0.828 bits per heavy atom. The number of aromatic nitrogens is 1. The highest BCUT2D eigenvalue weighted by Crippen LogP contribution is 2.32. The monoisotopic (exact) mass is 871 g/mol. The van der Waals surface area contributed by atoms with E-state index in [0.717, 1.165) is 55.6 Å². The summed E-state index contributed by atoms with van der Waals surface area (Å²) in [5.74, 6) is 0.374. The summed E-state index contributed by atoms with van der Waals surface area (Å²) >= 11 is 0. The molecule has 14 heteroatoms. The fourth-order valence-corrected chi connectivity index (χ4v) is 9.12. The number of carbonyl (C=O) groups is 3. The number of nitrogens with one attached hydrogen (secondary N) is 3. The molecule has 2 bridgehead atoms. The van der Waals surface area contributed by atoms with Gasteiger partial charge in [-0.05, 0) is 123 Å². The molecule has 5 aromatic rings. The molecule has 2 amide bonds. The van der Waals surface area contributed by atoms with E-state index >= 15 is 0 Å². The molecule has 0 saturated carbocycles. The summed E-state index contributed by atoms with van der Waals surface area (Å²) in [6, 6.07) is 30.5. The van der Waals surface area contributed by atoms with Crippen LogP contribution in [0.15, 0.2) is 108 Å². The Hall–Kier alpha value is -6.22. The number of fused-ring (bicyclic) bond motifs is 4. The van der Waals surface area contributed by atoms with E-state index in [0.29, 0.717) is 72.6 Å². The van der Waals surface area contributed by atoms with Crippen molar-refractivity contribution in [2.24, 2.45) is 11.8 Å². The van der Waals surface area contributed by atoms with Crippen LogP contribution in [0.5, 0.6) is 11.5 Å². The van der Waals surface area contributed by atoms with E-state index in [9.17, 15) is 29.4 Å². The molecule has 14 nitrogen and oxygen atoms in total. The first-order chi connectivity index (χ1) is 31.2. The first-order valence-corrected chi connectivity index (χ1v) is 22.4. The van der Waals surface area contributed by atoms with Crippen molar-refractivity contribution in [3.8, 4) is 11.5 Å². The Morgan fingerprint density at radius 3 is 2.39 bits per heavy atom. The van der Waals surface area contributed by atoms with Gasteiger partial charge < -0.3 is 44.9 Å². The molecule has 9 rings (SSSR count). The number of hydrogen-bond donors (Lipinski definition) is 5. The summed E-state index contributed by atoms with van der Waals surface area (Å²) in [6.07, 6.45) is 3.18. The number of unbranched alkanes of at least 4 members (excludes halogenated alkanes) is 1. The lowest BCUT2D eigenvalue weighted by Crippen LogP contribution is -2.52. The summed E-state index contributed by atoms with van der Waals surface area (Å²) in [7, 11) is 0. The maximum atomic E-state index is 13.6. The quantitative estimate of drug-likeness (QED) is 0.0529. The Bertz CT molecular complexity index is 2450. The van der Waals surface area contributed by atoms with Crippen LogP contribution in [0.4, 0.5) is 4.79 Å². The summed E-state index contributed by atoms with van der Waals surface area (Å²) in [5, 5.41) is 27.8. The number of nitrogens with zero attached hydrogens (tertiary/aromatic N) is 2. The number of hydrogen-bond acceptors (Lipinski definition) is 11. The predicted octanol–water partition coefficient (Wildman–Crippen LogP) is 6.22. The van der Waals surface area contributed by atoms with Crippen LogP contribution >= 0.6 is 0 Å². The van der Waals surface area contributed by atoms with Gasteiger partial charge in [0.1, 0.15) is 24.2 Å². The Morgan fingerprint density at radius 2 is 1.61 bits per heavy atom. The highest BCUT2D eigenvalue weighted by atomic mass is 16.6. The summed E-state index contributed by atoms with van der Waals surface area (Å²) in [5.41, 5.74) is 3.73. The first kappa shape index (κ1) is 44.4. The van der Waals surface area contributed by atoms with E-state index in [1.54, 1.807) is 23.1 Å². The lowest BCUT2D eigenvalue weighted by molar-refractivity contribution is -0.150. The van der Waals surface area contributed by atoms with Gasteiger partial charge in [-0.2, -0.15) is 0 Å². The van der Waals surface area contributed by atoms with Gasteiger partial charge in [0.15, 0.2) is 0 Å². The Labute approximate surface area is 372 Å². The van der Waals surface area contributed by atoms with Crippen molar-refractivity contribution in [3.05, 3.63) is 141 Å². The number of carbonyl (C=O) groups excluding carboxylic acids is 3. The minimum atomic E-state index is -0.848. The third-order valence-electron chi connectivity index (χ3n) is 12.7. The number of alkyl carbamates (subject to hydrolysis) is 1. The van der Waals surface area contributed by atoms with E-state index < -0.39 is 18.2 Å². The average molecular weight is 872 g/mol. The fourth-order valence-electron chi connectivity index (χ4n) is 9.12. The number of ether oxygens (including phenoxy) is 3. The maximum absolute atomic E-state index is 13.6. The number of benzene rings is 4. The smallest absolute Gasteiger partial charge is 0.408 e. The molecule has 3 atom stereocenters. The number of pyridine rings is 1. The molecule has 336 valence electrons. The lowest BCUT2D eigenvalue weighted by Gasteiger charge is -2.43. The standard InChI is InChI=1S/C50H57N5O9/c56-42-16-14-40(41-15-17-45(58)52-47(41)42)43(57)30-51-22-4-5-27-62-49(60)36-20-25-55(26-21-36)48(59)38-12-6-8-33(28-38)32-63-39-13-7-11-37(29-39)46(35-9-2-1-3-10-35)53-50(61)64-44-31-54-23-18-34(44)19-24-54/h1-3,6-17,28-29,34,36,43-44,46,51,56-57H,4-5,18-27,30-32H2,(H,52,58)(H,53,61)/t43?,44?,46-/m0/s1. The number of phenols is 1. The molecule has 64 heavy (non-hydrogen) atoms. The minimum Gasteiger partial charge on any atom is -0.506 e. The number of esters is 1. The zero-order chi connectivity index (χ0) is 44.4. The van der Waals surface area contributed by atoms with Gasteiger partial charge in [-0.15, -0.1) is 0 Å². The van der Waals surface area contributed by atoms with Crippen LogP contribution in [0.3, 0.4) is 0 Å². The summed E-state index contributed by atoms with van der Waals surface area (Å²) < 4.78 is 17.8. The fraction of sp³-hybridized carbons (Fsp3) is 0.400. The summed E-state index contributed by atoms with van der Waals surface area (Å²) in [6.45, 7) is 5.24. The molecule has 4 aliphatic heterocycles. The highest BCUT2D eigenvalue weighted by molar-refractivity contribution is 5.94. The Balaban J connectivity index is 0.759. The van der Waals surface area contributed by atoms with Crippen molar-refractivity contribution in [1.82, 2.24) is 25.4 Å². The van der Waals surface area contributed by atoms with E-state index in [1.165, 1.54) is 12.1 Å². The van der Waals surface area contributed by atoms with Crippen LogP contribution in [0.25, 0.3) is 10.9 Å². The number of piperidine rings is 4. The predicted molar refractivity (Wildman–Crippen MR) is 241 cm³/mol. The highest BCUT2D eigenvalue weighted by Gasteiger charge is 2.37. The van der Waals surface area contributed by atoms with E-state index in [2.05, 4.69) is 20.5 Å². The van der Waals surface area contributed by atoms with E-state index in [4.69, 9.17) is 14.2 Å². The minimum absolute atomic E-state index is 0.0578. The second kappa shape index (κ2) is 21.0. The normalized spacial score (nSPS) is 19.5. The maximum Gasteiger partial charge on any atom is 0.408 e. The van der Waals surface area contributed by atoms with Gasteiger partial charge in [0.25, 0.3) is 5.91 Å². The van der Waals surface area contributed by atoms with Gasteiger partial charge >= 0.3 is 12.1 Å². The molecule has 4 saturated heterocycles. The van der Waals surface area contributed by atoms with Crippen molar-refractivity contribution in [2.75, 3.05) is 52.4 Å². The van der Waals surface area contributed by atoms with Gasteiger partial charge in [-0.3, -0.25) is 19.3 Å². The molecule has 5 N–H and O–H groups in total. The molecule has 4 aromatic carbocycles. The van der Waals surface area contributed by atoms with Crippen LogP contribution in [0, 0.1) is 11.8 Å². The number of H-pyrrole nitrogens is 1. The van der Waals surface area contributed by atoms with Crippen LogP contribution < -0.4 is 20.9 Å². The van der Waals surface area contributed by atoms with E-state index in [-0.39, 0.29) is 55.0 Å². The first-order valence-electron chi connectivity index (χ1n) is 22.4. The number of likely N-dealkylation sites (tertiary alicyclic amines) is 1. The van der Waals surface area contributed by atoms with Gasteiger partial charge in [-0.1, -0.05) is 60.7 Å². The molecule has 0 radical (unpaired) electrons. The van der Waals surface area contributed by atoms with Crippen LogP contribution in [0.2, 0.25) is 0 Å². The second-order valence-corrected chi connectivity index (χ2v) is 17.1. The average Bonchev–Trinajstić information content (AvgIpc) is 3.33. The lowest BCUT2D eigenvalue weighted by atomic mass is 9.86. The largest absolute Gasteiger partial charge is 0.506 e. The summed E-state index contributed by atoms with van der Waals surface area (Å²) in [4.78, 5) is 58.2. The number of aromatic hydroxyl groups is 1. The van der Waals surface area contributed by atoms with Crippen molar-refractivity contribution in [1.29, 1.82) is 0 Å². The number of amides is 2. The second-order valence-electron chi connectivity index (χ2n) is 17.1. The van der Waals surface area contributed by atoms with Crippen LogP contribution in [-0.2, 0) is 20.9 Å². The Kier molecular flexibility index (Phi) is 14.5. The number of aliphatic hydroxyl groups is 1. The van der Waals surface area contributed by atoms with Crippen molar-refractivity contribution in [3.63, 3.8) is 0 Å². The molecule has 1 aromatic heterocycles. The SMILES string of the molecule is O=C(N[C@@H](c1ccccc1)c1cccc(OCc2cccc(C(=O)N3CCC(C(=O)OCCCCNCC(O)c4ccc(O)c5[nH]c(=O)ccc45)CC3)c2)c1)OC1CN2CCC1CC2. The third kappa shape index (κ3) is 11.1. The molecule has 0 spiro atoms. The van der Waals surface area contributed by atoms with Crippen molar-refractivity contribution >= 4 is 28.9 Å². The molecule has 2 unspecified atom stereocenters. The molecular weight excluding hydrogens is 815 g/mol. The van der Waals surface area contributed by atoms with Gasteiger partial charge in [0.2, 0.25) is 5.56 Å². The topological polar surface area (TPSA) is 183 Å². The third-order valence-corrected chi connectivity index (χ3v) is 12.7. The van der Waals surface area contributed by atoms with Crippen LogP contribution in [0.1, 0.15) is 83.3 Å². The van der Waals surface area contributed by atoms with Crippen molar-refractivity contribution in [2.45, 2.75) is 63.4 Å². The van der Waals surface area contributed by atoms with Crippen LogP contribution in [-0.4, -0.2) is 101 Å². The number of aliphatic hydroxyl groups excluding tert-OH is 1. The van der Waals surface area contributed by atoms with Crippen molar-refractivity contribution < 1.29 is 38.8 Å². The van der Waals surface area contributed by atoms with E-state index in [1.807, 2.05) is 72.8 Å². The molecule has 4 aliphatic rings. The molecular formula is C50H57N5O9.